The van der Waals surface area contributed by atoms with E-state index in [1.54, 1.807) is 14.0 Å². The molecule has 0 saturated carbocycles. The van der Waals surface area contributed by atoms with Gasteiger partial charge in [-0.3, -0.25) is 14.9 Å². The van der Waals surface area contributed by atoms with Gasteiger partial charge in [0, 0.05) is 31.9 Å². The first-order chi connectivity index (χ1) is 16.0. The highest BCUT2D eigenvalue weighted by Gasteiger charge is 2.42. The number of aliphatic imine (C=N–C) groups is 1. The number of piperazine rings is 1. The molecular formula is C25H30N4O4. The molecule has 1 amide bonds. The number of carbonyl (C=O) groups excluding carboxylic acids is 2. The zero-order valence-electron chi connectivity index (χ0n) is 19.3. The molecule has 4 rings (SSSR count). The second-order valence-corrected chi connectivity index (χ2v) is 8.20. The van der Waals surface area contributed by atoms with Gasteiger partial charge in [-0.15, -0.1) is 0 Å². The highest BCUT2D eigenvalue weighted by Crippen LogP contribution is 2.31. The van der Waals surface area contributed by atoms with Gasteiger partial charge in [0.05, 0.1) is 13.7 Å². The fourth-order valence-corrected chi connectivity index (χ4v) is 4.29. The van der Waals surface area contributed by atoms with Crippen molar-refractivity contribution in [1.82, 2.24) is 10.2 Å². The zero-order valence-corrected chi connectivity index (χ0v) is 19.3. The zero-order chi connectivity index (χ0) is 23.4. The van der Waals surface area contributed by atoms with Crippen LogP contribution < -0.4 is 15.0 Å². The molecule has 0 bridgehead atoms. The van der Waals surface area contributed by atoms with E-state index < -0.39 is 17.9 Å². The van der Waals surface area contributed by atoms with Crippen molar-refractivity contribution in [2.24, 2.45) is 10.9 Å². The number of nitrogens with one attached hydrogen (secondary N) is 1. The van der Waals surface area contributed by atoms with Crippen LogP contribution in [-0.4, -0.2) is 62.6 Å². The summed E-state index contributed by atoms with van der Waals surface area (Å²) in [5, 5.41) is 2.86. The van der Waals surface area contributed by atoms with Gasteiger partial charge in [0.1, 0.15) is 11.8 Å². The SMILES string of the molecule is CCOC(=O)C1C(=O)NC(N2CCN(c3ccc(OC)cc3)CC2)=NC1c1cccc(C)c1. The molecule has 0 spiro atoms. The standard InChI is InChI=1S/C25H30N4O4/c1-4-33-24(31)21-22(18-7-5-6-17(2)16-18)26-25(27-23(21)30)29-14-12-28(13-15-29)19-8-10-20(32-3)11-9-19/h5-11,16,21-22H,4,12-15H2,1-3H3,(H,26,27,30). The van der Waals surface area contributed by atoms with Gasteiger partial charge in [-0.05, 0) is 43.7 Å². The van der Waals surface area contributed by atoms with E-state index in [-0.39, 0.29) is 12.5 Å². The van der Waals surface area contributed by atoms with E-state index in [0.29, 0.717) is 19.0 Å². The number of anilines is 1. The second kappa shape index (κ2) is 9.94. The number of guanidine groups is 1. The van der Waals surface area contributed by atoms with Gasteiger partial charge in [-0.2, -0.15) is 0 Å². The van der Waals surface area contributed by atoms with Crippen LogP contribution in [0.25, 0.3) is 0 Å². The Hall–Kier alpha value is -3.55. The Labute approximate surface area is 194 Å². The van der Waals surface area contributed by atoms with Crippen LogP contribution in [0.3, 0.4) is 0 Å². The fourth-order valence-electron chi connectivity index (χ4n) is 4.29. The molecule has 1 saturated heterocycles. The third-order valence-electron chi connectivity index (χ3n) is 6.04. The molecule has 2 aromatic rings. The minimum absolute atomic E-state index is 0.215. The molecule has 2 aromatic carbocycles. The summed E-state index contributed by atoms with van der Waals surface area (Å²) in [6.07, 6.45) is 0. The predicted molar refractivity (Wildman–Crippen MR) is 126 cm³/mol. The number of ether oxygens (including phenoxy) is 2. The smallest absolute Gasteiger partial charge is 0.321 e. The number of nitrogens with zero attached hydrogens (tertiary/aromatic N) is 3. The summed E-state index contributed by atoms with van der Waals surface area (Å²) < 4.78 is 10.4. The van der Waals surface area contributed by atoms with Gasteiger partial charge < -0.3 is 19.3 Å². The van der Waals surface area contributed by atoms with E-state index in [9.17, 15) is 9.59 Å². The van der Waals surface area contributed by atoms with Crippen molar-refractivity contribution in [2.45, 2.75) is 19.9 Å². The normalized spacial score (nSPS) is 20.7. The molecule has 0 aromatic heterocycles. The summed E-state index contributed by atoms with van der Waals surface area (Å²) in [4.78, 5) is 34.9. The number of hydrogen-bond acceptors (Lipinski definition) is 7. The van der Waals surface area contributed by atoms with Gasteiger partial charge in [0.15, 0.2) is 5.92 Å². The average molecular weight is 451 g/mol. The van der Waals surface area contributed by atoms with Crippen LogP contribution in [0.4, 0.5) is 5.69 Å². The quantitative estimate of drug-likeness (QED) is 0.557. The summed E-state index contributed by atoms with van der Waals surface area (Å²) >= 11 is 0. The number of esters is 1. The second-order valence-electron chi connectivity index (χ2n) is 8.20. The van der Waals surface area contributed by atoms with Gasteiger partial charge >= 0.3 is 5.97 Å². The summed E-state index contributed by atoms with van der Waals surface area (Å²) in [6, 6.07) is 15.2. The summed E-state index contributed by atoms with van der Waals surface area (Å²) in [5.74, 6) is -0.580. The highest BCUT2D eigenvalue weighted by atomic mass is 16.5. The molecule has 33 heavy (non-hydrogen) atoms. The third kappa shape index (κ3) is 4.94. The lowest BCUT2D eigenvalue weighted by Gasteiger charge is -2.39. The first kappa shape index (κ1) is 22.6. The van der Waals surface area contributed by atoms with Crippen LogP contribution in [0.2, 0.25) is 0 Å². The van der Waals surface area contributed by atoms with Crippen molar-refractivity contribution < 1.29 is 19.1 Å². The van der Waals surface area contributed by atoms with Gasteiger partial charge in [-0.25, -0.2) is 4.99 Å². The molecule has 1 N–H and O–H groups in total. The first-order valence-corrected chi connectivity index (χ1v) is 11.3. The molecule has 2 heterocycles. The van der Waals surface area contributed by atoms with Gasteiger partial charge in [0.2, 0.25) is 11.9 Å². The number of aryl methyl sites for hydroxylation is 1. The number of amides is 1. The third-order valence-corrected chi connectivity index (χ3v) is 6.04. The molecule has 0 radical (unpaired) electrons. The van der Waals surface area contributed by atoms with Crippen molar-refractivity contribution >= 4 is 23.5 Å². The maximum absolute atomic E-state index is 13.0. The van der Waals surface area contributed by atoms with Crippen molar-refractivity contribution in [3.8, 4) is 5.75 Å². The van der Waals surface area contributed by atoms with Crippen molar-refractivity contribution in [2.75, 3.05) is 44.8 Å². The van der Waals surface area contributed by atoms with Crippen LogP contribution >= 0.6 is 0 Å². The molecule has 174 valence electrons. The van der Waals surface area contributed by atoms with Crippen LogP contribution in [0.15, 0.2) is 53.5 Å². The molecule has 2 aliphatic heterocycles. The van der Waals surface area contributed by atoms with Crippen molar-refractivity contribution in [3.63, 3.8) is 0 Å². The van der Waals surface area contributed by atoms with Crippen molar-refractivity contribution in [1.29, 1.82) is 0 Å². The first-order valence-electron chi connectivity index (χ1n) is 11.3. The Morgan fingerprint density at radius 2 is 1.79 bits per heavy atom. The molecule has 0 aliphatic carbocycles. The molecule has 1 fully saturated rings. The van der Waals surface area contributed by atoms with Crippen LogP contribution in [0.1, 0.15) is 24.1 Å². The minimum atomic E-state index is -1.00. The van der Waals surface area contributed by atoms with E-state index in [4.69, 9.17) is 14.5 Å². The Balaban J connectivity index is 1.54. The fraction of sp³-hybridized carbons (Fsp3) is 0.400. The summed E-state index contributed by atoms with van der Waals surface area (Å²) in [7, 11) is 1.66. The molecule has 8 nitrogen and oxygen atoms in total. The van der Waals surface area contributed by atoms with E-state index in [0.717, 1.165) is 35.7 Å². The van der Waals surface area contributed by atoms with Gasteiger partial charge in [0.25, 0.3) is 0 Å². The Kier molecular flexibility index (Phi) is 6.82. The lowest BCUT2D eigenvalue weighted by atomic mass is 9.90. The predicted octanol–water partition coefficient (Wildman–Crippen LogP) is 2.53. The average Bonchev–Trinajstić information content (AvgIpc) is 2.84. The van der Waals surface area contributed by atoms with Crippen LogP contribution in [-0.2, 0) is 14.3 Å². The molecule has 2 atom stereocenters. The van der Waals surface area contributed by atoms with E-state index >= 15 is 0 Å². The number of methoxy groups -OCH3 is 1. The summed E-state index contributed by atoms with van der Waals surface area (Å²) in [5.41, 5.74) is 3.01. The number of rotatable bonds is 5. The Bertz CT molecular complexity index is 1030. The lowest BCUT2D eigenvalue weighted by molar-refractivity contribution is -0.153. The molecule has 8 heteroatoms. The largest absolute Gasteiger partial charge is 0.497 e. The van der Waals surface area contributed by atoms with Crippen LogP contribution in [0, 0.1) is 12.8 Å². The summed E-state index contributed by atoms with van der Waals surface area (Å²) in [6.45, 7) is 6.92. The van der Waals surface area contributed by atoms with Crippen molar-refractivity contribution in [3.05, 3.63) is 59.7 Å². The Morgan fingerprint density at radius 3 is 2.42 bits per heavy atom. The Morgan fingerprint density at radius 1 is 1.09 bits per heavy atom. The van der Waals surface area contributed by atoms with Gasteiger partial charge in [-0.1, -0.05) is 29.8 Å². The molecule has 2 unspecified atom stereocenters. The van der Waals surface area contributed by atoms with E-state index in [2.05, 4.69) is 15.1 Å². The number of benzene rings is 2. The van der Waals surface area contributed by atoms with E-state index in [1.165, 1.54) is 0 Å². The molecule has 2 aliphatic rings. The van der Waals surface area contributed by atoms with Crippen LogP contribution in [0.5, 0.6) is 5.75 Å². The minimum Gasteiger partial charge on any atom is -0.497 e. The highest BCUT2D eigenvalue weighted by molar-refractivity contribution is 6.08. The van der Waals surface area contributed by atoms with E-state index in [1.807, 2.05) is 55.5 Å². The monoisotopic (exact) mass is 450 g/mol. The maximum Gasteiger partial charge on any atom is 0.321 e. The number of hydrogen-bond donors (Lipinski definition) is 1. The molecular weight excluding hydrogens is 420 g/mol. The lowest BCUT2D eigenvalue weighted by Crippen LogP contribution is -2.57. The maximum atomic E-state index is 13.0. The number of carbonyl (C=O) groups is 2. The topological polar surface area (TPSA) is 83.5 Å².